The number of rotatable bonds is 17. The van der Waals surface area contributed by atoms with Gasteiger partial charge in [-0.05, 0) is 56.9 Å². The number of amides is 3. The molecular formula is C37H57ClN4O10S. The lowest BCUT2D eigenvalue weighted by Gasteiger charge is -2.42. The van der Waals surface area contributed by atoms with Crippen molar-refractivity contribution in [1.82, 2.24) is 15.5 Å². The third-order valence-electron chi connectivity index (χ3n) is 9.46. The molecule has 0 saturated carbocycles. The van der Waals surface area contributed by atoms with Crippen molar-refractivity contribution < 1.29 is 48.0 Å². The van der Waals surface area contributed by atoms with Crippen LogP contribution in [0.4, 0.5) is 4.79 Å². The Labute approximate surface area is 322 Å². The molecule has 0 spiro atoms. The van der Waals surface area contributed by atoms with Crippen LogP contribution in [0.2, 0.25) is 5.02 Å². The van der Waals surface area contributed by atoms with Gasteiger partial charge in [0, 0.05) is 33.5 Å². The van der Waals surface area contributed by atoms with Crippen LogP contribution in [-0.4, -0.2) is 123 Å². The van der Waals surface area contributed by atoms with E-state index >= 15 is 0 Å². The maximum atomic E-state index is 13.0. The molecule has 2 saturated heterocycles. The number of carbonyl (C=O) groups is 4. The van der Waals surface area contributed by atoms with Crippen LogP contribution in [0.15, 0.2) is 42.0 Å². The van der Waals surface area contributed by atoms with Crippen molar-refractivity contribution in [3.63, 3.8) is 0 Å². The Kier molecular flexibility index (Phi) is 18.1. The normalized spacial score (nSPS) is 24.7. The Hall–Kier alpha value is -3.34. The average Bonchev–Trinajstić information content (AvgIpc) is 3.83. The second-order valence-corrected chi connectivity index (χ2v) is 14.8. The molecule has 0 aliphatic carbocycles. The minimum atomic E-state index is -1.83. The summed E-state index contributed by atoms with van der Waals surface area (Å²) in [7, 11) is 5.86. The number of likely N-dealkylation sites (N-methyl/N-ethyl adjacent to an activating group) is 1. The van der Waals surface area contributed by atoms with Gasteiger partial charge in [0.2, 0.25) is 11.8 Å². The number of thioether (sulfide) groups is 1. The first kappa shape index (κ1) is 45.8. The number of halogens is 1. The lowest BCUT2D eigenvalue weighted by molar-refractivity contribution is -0.161. The number of epoxide rings is 1. The number of nitrogens with two attached hydrogens (primary N) is 1. The number of nitrogens with one attached hydrogen (secondary N) is 2. The molecule has 0 aromatic heterocycles. The molecule has 2 heterocycles. The number of carbonyl (C=O) groups excluding carboxylic acids is 4. The zero-order valence-electron chi connectivity index (χ0n) is 32.4. The van der Waals surface area contributed by atoms with Crippen LogP contribution < -0.4 is 21.1 Å². The molecule has 2 aliphatic heterocycles. The molecule has 1 aromatic carbocycles. The molecule has 0 radical (unpaired) electrons. The number of hydrogen-bond donors (Lipinski definition) is 4. The summed E-state index contributed by atoms with van der Waals surface area (Å²) in [5.41, 5.74) is 4.48. The van der Waals surface area contributed by atoms with E-state index in [9.17, 15) is 24.3 Å². The number of hydrogen-bond acceptors (Lipinski definition) is 12. The molecular weight excluding hydrogens is 728 g/mol. The third kappa shape index (κ3) is 12.6. The summed E-state index contributed by atoms with van der Waals surface area (Å²) < 4.78 is 28.3. The highest BCUT2D eigenvalue weighted by Gasteiger charge is 2.64. The van der Waals surface area contributed by atoms with Crippen LogP contribution in [0.3, 0.4) is 0 Å². The van der Waals surface area contributed by atoms with Gasteiger partial charge in [-0.25, -0.2) is 9.59 Å². The van der Waals surface area contributed by atoms with Crippen LogP contribution in [0, 0.1) is 5.92 Å². The maximum Gasteiger partial charge on any atom is 0.409 e. The van der Waals surface area contributed by atoms with Crippen molar-refractivity contribution in [3.05, 3.63) is 52.6 Å². The van der Waals surface area contributed by atoms with E-state index in [1.165, 1.54) is 38.8 Å². The van der Waals surface area contributed by atoms with Crippen molar-refractivity contribution in [2.75, 3.05) is 46.9 Å². The van der Waals surface area contributed by atoms with Crippen LogP contribution in [0.25, 0.3) is 0 Å². The predicted octanol–water partition coefficient (Wildman–Crippen LogP) is 3.61. The molecule has 5 N–H and O–H groups in total. The molecule has 298 valence electrons. The van der Waals surface area contributed by atoms with E-state index in [2.05, 4.69) is 23.8 Å². The summed E-state index contributed by atoms with van der Waals surface area (Å²) in [6, 6.07) is 4.58. The SMILES string of the molecule is CCSC.CNC(=O)CC(OC(=O)[C@H](C)N(C)C(=O)CN)C1(C)OC1C(C)C1CC(O)(C(/C=C/C=C(\C)Cc2ccc(Cl)c(OC)c2)OC)NC(=O)O1. The van der Waals surface area contributed by atoms with E-state index in [1.807, 2.05) is 36.9 Å². The summed E-state index contributed by atoms with van der Waals surface area (Å²) >= 11 is 7.99. The topological polar surface area (TPSA) is 191 Å². The minimum absolute atomic E-state index is 0.0606. The van der Waals surface area contributed by atoms with Gasteiger partial charge in [0.15, 0.2) is 5.72 Å². The number of esters is 1. The van der Waals surface area contributed by atoms with Crippen molar-refractivity contribution in [3.8, 4) is 5.75 Å². The number of benzene rings is 1. The number of alkyl carbamates (subject to hydrolysis) is 1. The lowest BCUT2D eigenvalue weighted by Crippen LogP contribution is -2.63. The Bertz CT molecular complexity index is 1480. The number of methoxy groups -OCH3 is 2. The summed E-state index contributed by atoms with van der Waals surface area (Å²) in [5.74, 6) is -0.276. The molecule has 53 heavy (non-hydrogen) atoms. The summed E-state index contributed by atoms with van der Waals surface area (Å²) in [6.07, 6.45) is 3.42. The monoisotopic (exact) mass is 784 g/mol. The first-order chi connectivity index (χ1) is 24.9. The number of ether oxygens (including phenoxy) is 5. The van der Waals surface area contributed by atoms with E-state index in [-0.39, 0.29) is 19.4 Å². The van der Waals surface area contributed by atoms with Crippen LogP contribution >= 0.6 is 23.4 Å². The minimum Gasteiger partial charge on any atom is -0.495 e. The quantitative estimate of drug-likeness (QED) is 0.102. The average molecular weight is 785 g/mol. The fraction of sp³-hybridized carbons (Fsp3) is 0.622. The standard InChI is InChI=1S/C34H49ClN4O10.C3H8S/c1-19(14-22-12-13-23(35)24(15-22)45-7)10-9-11-26(46-8)34(44)17-25(47-32(43)38-34)20(2)30-33(4,49-30)27(16-28(40)37-5)48-31(42)21(3)39(6)29(41)18-36;1-3-4-2/h9-13,15,20-21,25-27,30,44H,14,16-18,36H2,1-8H3,(H,37,40)(H,38,43);3H2,1-2H3/b11-9+,19-10+;/t20?,21-,25?,26?,27?,30?,33?,34?;/m0./s1. The predicted molar refractivity (Wildman–Crippen MR) is 205 cm³/mol. The molecule has 14 nitrogen and oxygen atoms in total. The van der Waals surface area contributed by atoms with Crippen molar-refractivity contribution in [2.24, 2.45) is 11.7 Å². The largest absolute Gasteiger partial charge is 0.495 e. The zero-order valence-corrected chi connectivity index (χ0v) is 34.0. The van der Waals surface area contributed by atoms with Gasteiger partial charge in [0.1, 0.15) is 35.7 Å². The summed E-state index contributed by atoms with van der Waals surface area (Å²) in [4.78, 5) is 51.4. The van der Waals surface area contributed by atoms with E-state index in [0.29, 0.717) is 17.2 Å². The van der Waals surface area contributed by atoms with Gasteiger partial charge < -0.3 is 44.7 Å². The van der Waals surface area contributed by atoms with Gasteiger partial charge in [-0.15, -0.1) is 0 Å². The van der Waals surface area contributed by atoms with Crippen molar-refractivity contribution in [1.29, 1.82) is 0 Å². The van der Waals surface area contributed by atoms with Crippen LogP contribution in [0.5, 0.6) is 5.75 Å². The van der Waals surface area contributed by atoms with Gasteiger partial charge in [-0.3, -0.25) is 14.9 Å². The first-order valence-electron chi connectivity index (χ1n) is 17.4. The third-order valence-corrected chi connectivity index (χ3v) is 10.3. The molecule has 3 rings (SSSR count). The number of cyclic esters (lactones) is 1. The van der Waals surface area contributed by atoms with Gasteiger partial charge in [0.05, 0.1) is 31.2 Å². The second-order valence-electron chi connectivity index (χ2n) is 13.2. The van der Waals surface area contributed by atoms with E-state index in [0.717, 1.165) is 11.1 Å². The Morgan fingerprint density at radius 3 is 2.51 bits per heavy atom. The molecule has 7 unspecified atom stereocenters. The van der Waals surface area contributed by atoms with Gasteiger partial charge in [-0.2, -0.15) is 11.8 Å². The molecule has 0 bridgehead atoms. The first-order valence-corrected chi connectivity index (χ1v) is 19.2. The Balaban J connectivity index is 0.00000231. The van der Waals surface area contributed by atoms with Crippen LogP contribution in [-0.2, 0) is 39.8 Å². The lowest BCUT2D eigenvalue weighted by atomic mass is 9.83. The molecule has 3 amide bonds. The highest BCUT2D eigenvalue weighted by molar-refractivity contribution is 7.98. The fourth-order valence-corrected chi connectivity index (χ4v) is 6.08. The van der Waals surface area contributed by atoms with Crippen LogP contribution in [0.1, 0.15) is 53.0 Å². The Morgan fingerprint density at radius 2 is 1.94 bits per heavy atom. The maximum absolute atomic E-state index is 13.0. The number of aliphatic hydroxyl groups is 1. The van der Waals surface area contributed by atoms with E-state index < -0.39 is 71.6 Å². The molecule has 16 heteroatoms. The molecule has 1 aromatic rings. The molecule has 2 aliphatic rings. The van der Waals surface area contributed by atoms with Crippen molar-refractivity contribution >= 4 is 47.2 Å². The summed E-state index contributed by atoms with van der Waals surface area (Å²) in [6.45, 7) is 8.78. The second kappa shape index (κ2) is 20.9. The van der Waals surface area contributed by atoms with Gasteiger partial charge in [0.25, 0.3) is 0 Å². The number of nitrogens with zero attached hydrogens (tertiary/aromatic N) is 1. The fourth-order valence-electron chi connectivity index (χ4n) is 5.88. The van der Waals surface area contributed by atoms with E-state index in [1.54, 1.807) is 39.2 Å². The molecule has 8 atom stereocenters. The van der Waals surface area contributed by atoms with Gasteiger partial charge in [-0.1, -0.05) is 55.3 Å². The summed E-state index contributed by atoms with van der Waals surface area (Å²) in [5, 5.41) is 17.2. The van der Waals surface area contributed by atoms with Gasteiger partial charge >= 0.3 is 12.1 Å². The van der Waals surface area contributed by atoms with Crippen molar-refractivity contribution in [2.45, 2.75) is 95.7 Å². The zero-order chi connectivity index (χ0) is 40.1. The highest BCUT2D eigenvalue weighted by atomic mass is 35.5. The van der Waals surface area contributed by atoms with E-state index in [4.69, 9.17) is 41.0 Å². The highest BCUT2D eigenvalue weighted by Crippen LogP contribution is 2.48. The smallest absolute Gasteiger partial charge is 0.409 e. The Morgan fingerprint density at radius 1 is 1.28 bits per heavy atom. The number of allylic oxidation sites excluding steroid dienone is 3. The molecule has 2 fully saturated rings.